The van der Waals surface area contributed by atoms with E-state index in [-0.39, 0.29) is 65.6 Å². The fraction of sp³-hybridized carbons (Fsp3) is 0.929. The van der Waals surface area contributed by atoms with E-state index in [0.29, 0.717) is 38.5 Å². The van der Waals surface area contributed by atoms with E-state index in [1.807, 2.05) is 6.92 Å². The van der Waals surface area contributed by atoms with E-state index >= 15 is 0 Å². The molecule has 16 nitrogen and oxygen atoms in total. The Balaban J connectivity index is 0.00000585. The Morgan fingerprint density at radius 3 is 1.97 bits per heavy atom. The van der Waals surface area contributed by atoms with Crippen molar-refractivity contribution >= 4 is 5.97 Å². The van der Waals surface area contributed by atoms with Crippen molar-refractivity contribution in [3.8, 4) is 0 Å². The van der Waals surface area contributed by atoms with Crippen LogP contribution in [0.2, 0.25) is 0 Å². The first-order valence-electron chi connectivity index (χ1n) is 21.1. The SMILES string of the molecule is CC1(C)CC[C@]2(C(=O)[O-])[C@H](O)C[C@]3(C)C(=CC[C@@H]4[C@@]5(C)C[C@H](O)[C@H](O[C@@H]6O[C@H](CO)[C@@H](O)[C@H](O[C@@H]7O[C@H](CO)[C@@H](O)[C@H](O)[C@H]7O)[C@H]6O)[C@@](C)(CO)[C@@H]5CC[C@]43C)[C@@H]2C1.[Na+]. The molecule has 7 aliphatic rings. The molecule has 0 aromatic heterocycles. The average Bonchev–Trinajstić information content (AvgIpc) is 3.15. The molecule has 2 saturated heterocycles. The van der Waals surface area contributed by atoms with Gasteiger partial charge in [-0.2, -0.15) is 0 Å². The summed E-state index contributed by atoms with van der Waals surface area (Å²) < 4.78 is 23.5. The summed E-state index contributed by atoms with van der Waals surface area (Å²) in [7, 11) is 0. The Hall–Kier alpha value is -0.350. The average molecular weight is 851 g/mol. The van der Waals surface area contributed by atoms with Crippen molar-refractivity contribution in [3.63, 3.8) is 0 Å². The van der Waals surface area contributed by atoms with E-state index in [1.165, 1.54) is 0 Å². The number of aliphatic hydroxyl groups excluding tert-OH is 10. The third kappa shape index (κ3) is 7.09. The summed E-state index contributed by atoms with van der Waals surface area (Å²) >= 11 is 0. The maximum atomic E-state index is 13.0. The molecule has 0 aromatic carbocycles. The first kappa shape index (κ1) is 48.1. The predicted octanol–water partition coefficient (Wildman–Crippen LogP) is -4.53. The first-order chi connectivity index (χ1) is 27.0. The molecule has 2 aliphatic heterocycles. The van der Waals surface area contributed by atoms with Crippen molar-refractivity contribution in [1.29, 1.82) is 0 Å². The molecule has 0 aromatic rings. The molecule has 6 fully saturated rings. The molecule has 4 saturated carbocycles. The molecule has 0 amide bonds. The molecule has 7 rings (SSSR count). The second-order valence-electron chi connectivity index (χ2n) is 20.8. The number of ether oxygens (including phenoxy) is 4. The van der Waals surface area contributed by atoms with Crippen molar-refractivity contribution in [1.82, 2.24) is 0 Å². The van der Waals surface area contributed by atoms with E-state index in [0.717, 1.165) is 5.57 Å². The minimum Gasteiger partial charge on any atom is -0.549 e. The number of carboxylic acids is 1. The van der Waals surface area contributed by atoms with Gasteiger partial charge in [0.15, 0.2) is 12.6 Å². The van der Waals surface area contributed by atoms with Crippen LogP contribution in [0.25, 0.3) is 0 Å². The third-order valence-corrected chi connectivity index (χ3v) is 17.4. The molecule has 17 heteroatoms. The molecule has 21 atom stereocenters. The topological polar surface area (TPSA) is 279 Å². The minimum absolute atomic E-state index is 0. The Labute approximate surface area is 368 Å². The van der Waals surface area contributed by atoms with Gasteiger partial charge in [0.25, 0.3) is 0 Å². The number of fused-ring (bicyclic) bond motifs is 7. The number of carbonyl (C=O) groups is 1. The first-order valence-corrected chi connectivity index (χ1v) is 21.1. The maximum absolute atomic E-state index is 13.0. The van der Waals surface area contributed by atoms with Gasteiger partial charge in [0.05, 0.1) is 44.1 Å². The van der Waals surface area contributed by atoms with E-state index in [1.54, 1.807) is 0 Å². The van der Waals surface area contributed by atoms with Crippen LogP contribution in [0.15, 0.2) is 11.6 Å². The molecule has 0 unspecified atom stereocenters. The second-order valence-corrected chi connectivity index (χ2v) is 20.8. The summed E-state index contributed by atoms with van der Waals surface area (Å²) in [5.74, 6) is -1.85. The van der Waals surface area contributed by atoms with Gasteiger partial charge in [-0.3, -0.25) is 0 Å². The summed E-state index contributed by atoms with van der Waals surface area (Å²) in [5, 5.41) is 122. The predicted molar refractivity (Wildman–Crippen MR) is 200 cm³/mol. The second kappa shape index (κ2) is 16.6. The Kier molecular flexibility index (Phi) is 13.5. The summed E-state index contributed by atoms with van der Waals surface area (Å²) in [6.07, 6.45) is -13.8. The number of carbonyl (C=O) groups excluding carboxylic acids is 1. The van der Waals surface area contributed by atoms with Crippen molar-refractivity contribution in [2.24, 2.45) is 50.2 Å². The van der Waals surface area contributed by atoms with Crippen LogP contribution < -0.4 is 34.7 Å². The monoisotopic (exact) mass is 850 g/mol. The van der Waals surface area contributed by atoms with Gasteiger partial charge in [-0.25, -0.2) is 0 Å². The third-order valence-electron chi connectivity index (χ3n) is 17.4. The van der Waals surface area contributed by atoms with Crippen molar-refractivity contribution in [2.75, 3.05) is 19.8 Å². The summed E-state index contributed by atoms with van der Waals surface area (Å²) in [4.78, 5) is 13.0. The standard InChI is InChI=1S/C42H68O16.Na/c1-37(2)11-12-42(36(53)54)20(13-37)19-7-8-25-38(3)14-21(46)33(39(4,18-45)24(38)9-10-40(25,5)41(19,6)15-26(42)47)58-35-31(52)32(28(49)23(17-44)56-35)57-34-30(51)29(50)27(48)22(16-43)55-34;/h7,20-35,43-52H,8-18H2,1-6H3,(H,53,54);/q;+1/p-1/t20-,21-,22+,23+,24+,25+,26+,27+,28+,29-,30+,31+,32-,33-,34-,35-,38-,39-,40+,41+,42+;/m0./s1. The molecule has 0 spiro atoms. The number of aliphatic carboxylic acids is 1. The number of allylic oxidation sites excluding steroid dienone is 2. The number of rotatable bonds is 8. The minimum atomic E-state index is -1.85. The zero-order valence-electron chi connectivity index (χ0n) is 35.5. The summed E-state index contributed by atoms with van der Waals surface area (Å²) in [5.41, 5.74) is -3.08. The van der Waals surface area contributed by atoms with Crippen LogP contribution in [0.3, 0.4) is 0 Å². The Bertz CT molecular complexity index is 1580. The fourth-order valence-electron chi connectivity index (χ4n) is 13.9. The van der Waals surface area contributed by atoms with Crippen LogP contribution in [0.5, 0.6) is 0 Å². The van der Waals surface area contributed by atoms with Gasteiger partial charge in [-0.15, -0.1) is 0 Å². The fourth-order valence-corrected chi connectivity index (χ4v) is 13.9. The smallest absolute Gasteiger partial charge is 0.549 e. The largest absolute Gasteiger partial charge is 1.00 e. The quantitative estimate of drug-likeness (QED) is 0.0626. The van der Waals surface area contributed by atoms with Gasteiger partial charge >= 0.3 is 29.6 Å². The van der Waals surface area contributed by atoms with Gasteiger partial charge < -0.3 is 79.9 Å². The van der Waals surface area contributed by atoms with E-state index in [4.69, 9.17) is 18.9 Å². The number of hydrogen-bond donors (Lipinski definition) is 10. The van der Waals surface area contributed by atoms with E-state index < -0.39 is 133 Å². The number of hydrogen-bond acceptors (Lipinski definition) is 16. The van der Waals surface area contributed by atoms with Crippen LogP contribution in [0.4, 0.5) is 0 Å². The zero-order valence-corrected chi connectivity index (χ0v) is 37.5. The van der Waals surface area contributed by atoms with Gasteiger partial charge in [-0.1, -0.05) is 53.2 Å². The van der Waals surface area contributed by atoms with Crippen molar-refractivity contribution in [2.45, 2.75) is 173 Å². The molecule has 10 N–H and O–H groups in total. The Morgan fingerprint density at radius 2 is 1.37 bits per heavy atom. The van der Waals surface area contributed by atoms with Gasteiger partial charge in [-0.05, 0) is 90.8 Å². The van der Waals surface area contributed by atoms with Crippen molar-refractivity contribution in [3.05, 3.63) is 11.6 Å². The van der Waals surface area contributed by atoms with Crippen LogP contribution in [0.1, 0.15) is 92.9 Å². The molecule has 5 aliphatic carbocycles. The molecule has 332 valence electrons. The summed E-state index contributed by atoms with van der Waals surface area (Å²) in [6, 6.07) is 0. The van der Waals surface area contributed by atoms with E-state index in [2.05, 4.69) is 40.7 Å². The number of carboxylic acid groups (broad SMARTS) is 1. The Morgan fingerprint density at radius 1 is 0.763 bits per heavy atom. The van der Waals surface area contributed by atoms with Gasteiger partial charge in [0.1, 0.15) is 48.8 Å². The molecule has 0 bridgehead atoms. The van der Waals surface area contributed by atoms with Crippen LogP contribution in [0, 0.1) is 50.2 Å². The summed E-state index contributed by atoms with van der Waals surface area (Å²) in [6.45, 7) is 10.8. The number of aliphatic hydroxyl groups is 10. The molecule has 59 heavy (non-hydrogen) atoms. The maximum Gasteiger partial charge on any atom is 1.00 e. The zero-order chi connectivity index (χ0) is 42.7. The van der Waals surface area contributed by atoms with Gasteiger partial charge in [0, 0.05) is 10.8 Å². The van der Waals surface area contributed by atoms with Crippen LogP contribution in [-0.2, 0) is 23.7 Å². The molecule has 2 heterocycles. The normalized spacial score (nSPS) is 54.3. The van der Waals surface area contributed by atoms with Crippen molar-refractivity contribution < 1.29 is 109 Å². The van der Waals surface area contributed by atoms with E-state index in [9.17, 15) is 61.0 Å². The van der Waals surface area contributed by atoms with Crippen LogP contribution in [-0.4, -0.2) is 157 Å². The molecular formula is C42H67NaO16. The molecule has 0 radical (unpaired) electrons. The molecular weight excluding hydrogens is 783 g/mol. The van der Waals surface area contributed by atoms with Gasteiger partial charge in [0.2, 0.25) is 0 Å². The van der Waals surface area contributed by atoms with Crippen LogP contribution >= 0.6 is 0 Å².